The van der Waals surface area contributed by atoms with Crippen molar-refractivity contribution in [3.63, 3.8) is 0 Å². The molecule has 0 aliphatic carbocycles. The zero-order valence-electron chi connectivity index (χ0n) is 10.9. The van der Waals surface area contributed by atoms with Gasteiger partial charge in [0.05, 0.1) is 12.0 Å². The van der Waals surface area contributed by atoms with Crippen molar-refractivity contribution >= 4 is 16.8 Å². The highest BCUT2D eigenvalue weighted by molar-refractivity contribution is 6.64. The minimum Gasteiger partial charge on any atom is -0.380 e. The molecule has 0 bridgehead atoms. The Labute approximate surface area is 105 Å². The molecule has 2 nitrogen and oxygen atoms in total. The van der Waals surface area contributed by atoms with Crippen molar-refractivity contribution < 1.29 is 9.53 Å². The van der Waals surface area contributed by atoms with Crippen molar-refractivity contribution in [2.75, 3.05) is 13.2 Å². The molecule has 0 aromatic rings. The molecule has 0 spiro atoms. The van der Waals surface area contributed by atoms with Gasteiger partial charge in [-0.1, -0.05) is 39.0 Å². The van der Waals surface area contributed by atoms with E-state index in [1.807, 2.05) is 13.8 Å². The number of unbranched alkanes of at least 4 members (excludes halogenated alkanes) is 5. The molecule has 0 heterocycles. The molecule has 0 N–H and O–H groups in total. The summed E-state index contributed by atoms with van der Waals surface area (Å²) in [6.07, 6.45) is 7.51. The van der Waals surface area contributed by atoms with E-state index in [2.05, 4.69) is 6.92 Å². The molecule has 0 aromatic heterocycles. The van der Waals surface area contributed by atoms with Crippen LogP contribution in [0.5, 0.6) is 0 Å². The maximum absolute atomic E-state index is 11.0. The maximum Gasteiger partial charge on any atom is 0.229 e. The van der Waals surface area contributed by atoms with E-state index in [9.17, 15) is 4.79 Å². The lowest BCUT2D eigenvalue weighted by Crippen LogP contribution is -2.26. The molecule has 0 radical (unpaired) electrons. The van der Waals surface area contributed by atoms with Gasteiger partial charge < -0.3 is 4.74 Å². The average Bonchev–Trinajstić information content (AvgIpc) is 2.21. The fourth-order valence-electron chi connectivity index (χ4n) is 1.37. The quantitative estimate of drug-likeness (QED) is 0.429. The summed E-state index contributed by atoms with van der Waals surface area (Å²) < 4.78 is 5.46. The van der Waals surface area contributed by atoms with Crippen molar-refractivity contribution in [3.05, 3.63) is 0 Å². The van der Waals surface area contributed by atoms with Crippen molar-refractivity contribution in [1.82, 2.24) is 0 Å². The van der Waals surface area contributed by atoms with Crippen LogP contribution in [0.25, 0.3) is 0 Å². The Morgan fingerprint density at radius 3 is 2.25 bits per heavy atom. The molecular weight excluding hydrogens is 224 g/mol. The van der Waals surface area contributed by atoms with E-state index >= 15 is 0 Å². The number of rotatable bonds is 10. The lowest BCUT2D eigenvalue weighted by molar-refractivity contribution is -0.122. The second-order valence-corrected chi connectivity index (χ2v) is 5.32. The summed E-state index contributed by atoms with van der Waals surface area (Å²) in [5.74, 6) is 0. The van der Waals surface area contributed by atoms with Crippen LogP contribution in [0.1, 0.15) is 59.3 Å². The molecule has 0 unspecified atom stereocenters. The lowest BCUT2D eigenvalue weighted by Gasteiger charge is -2.19. The third kappa shape index (κ3) is 8.12. The number of ether oxygens (including phenoxy) is 1. The van der Waals surface area contributed by atoms with Gasteiger partial charge in [-0.3, -0.25) is 4.79 Å². The van der Waals surface area contributed by atoms with E-state index in [4.69, 9.17) is 16.3 Å². The molecule has 0 atom stereocenters. The summed E-state index contributed by atoms with van der Waals surface area (Å²) in [7, 11) is 0. The van der Waals surface area contributed by atoms with Crippen molar-refractivity contribution in [1.29, 1.82) is 0 Å². The van der Waals surface area contributed by atoms with Crippen LogP contribution in [-0.4, -0.2) is 18.5 Å². The van der Waals surface area contributed by atoms with Gasteiger partial charge in [-0.25, -0.2) is 0 Å². The second kappa shape index (κ2) is 9.00. The summed E-state index contributed by atoms with van der Waals surface area (Å²) >= 11 is 5.45. The van der Waals surface area contributed by atoms with Gasteiger partial charge in [-0.15, -0.1) is 0 Å². The molecule has 0 rings (SSSR count). The highest BCUT2D eigenvalue weighted by Crippen LogP contribution is 2.19. The molecule has 0 saturated heterocycles. The first kappa shape index (κ1) is 15.9. The summed E-state index contributed by atoms with van der Waals surface area (Å²) in [6.45, 7) is 6.99. The minimum atomic E-state index is -0.552. The number of carbonyl (C=O) groups is 1. The molecule has 0 aromatic carbocycles. The van der Waals surface area contributed by atoms with Gasteiger partial charge in [0.25, 0.3) is 0 Å². The number of hydrogen-bond donors (Lipinski definition) is 0. The summed E-state index contributed by atoms with van der Waals surface area (Å²) in [5.41, 5.74) is -0.552. The van der Waals surface area contributed by atoms with Crippen LogP contribution < -0.4 is 0 Å². The topological polar surface area (TPSA) is 26.3 Å². The standard InChI is InChI=1S/C13H25ClO2/c1-4-5-6-7-8-9-10-16-11-13(2,3)12(14)15/h4-11H2,1-3H3. The first-order chi connectivity index (χ1) is 7.50. The predicted octanol–water partition coefficient (Wildman–Crippen LogP) is 4.16. The van der Waals surface area contributed by atoms with E-state index in [-0.39, 0.29) is 5.24 Å². The SMILES string of the molecule is CCCCCCCCOCC(C)(C)C(=O)Cl. The van der Waals surface area contributed by atoms with Gasteiger partial charge in [0.2, 0.25) is 5.24 Å². The van der Waals surface area contributed by atoms with Crippen LogP contribution in [-0.2, 0) is 9.53 Å². The molecule has 0 aliphatic rings. The van der Waals surface area contributed by atoms with E-state index in [0.717, 1.165) is 13.0 Å². The molecule has 96 valence electrons. The Balaban J connectivity index is 3.30. The van der Waals surface area contributed by atoms with Gasteiger partial charge in [0, 0.05) is 6.61 Å². The zero-order chi connectivity index (χ0) is 12.4. The Kier molecular flexibility index (Phi) is 8.96. The second-order valence-electron chi connectivity index (χ2n) is 4.98. The van der Waals surface area contributed by atoms with E-state index < -0.39 is 5.41 Å². The van der Waals surface area contributed by atoms with E-state index in [1.54, 1.807) is 0 Å². The number of halogens is 1. The first-order valence-electron chi connectivity index (χ1n) is 6.28. The zero-order valence-corrected chi connectivity index (χ0v) is 11.6. The van der Waals surface area contributed by atoms with Crippen LogP contribution >= 0.6 is 11.6 Å². The van der Waals surface area contributed by atoms with E-state index in [1.165, 1.54) is 32.1 Å². The van der Waals surface area contributed by atoms with Crippen molar-refractivity contribution in [2.45, 2.75) is 59.3 Å². The van der Waals surface area contributed by atoms with Crippen LogP contribution in [0, 0.1) is 5.41 Å². The van der Waals surface area contributed by atoms with E-state index in [0.29, 0.717) is 6.61 Å². The van der Waals surface area contributed by atoms with Gasteiger partial charge in [0.1, 0.15) is 0 Å². The van der Waals surface area contributed by atoms with Crippen LogP contribution in [0.3, 0.4) is 0 Å². The van der Waals surface area contributed by atoms with Gasteiger partial charge >= 0.3 is 0 Å². The highest BCUT2D eigenvalue weighted by Gasteiger charge is 2.25. The van der Waals surface area contributed by atoms with Gasteiger partial charge in [-0.2, -0.15) is 0 Å². The Bertz CT molecular complexity index is 190. The first-order valence-corrected chi connectivity index (χ1v) is 6.66. The molecule has 0 saturated carbocycles. The Morgan fingerprint density at radius 2 is 1.69 bits per heavy atom. The van der Waals surface area contributed by atoms with Crippen LogP contribution in [0.2, 0.25) is 0 Å². The van der Waals surface area contributed by atoms with Crippen molar-refractivity contribution in [3.8, 4) is 0 Å². The molecule has 0 fully saturated rings. The fraction of sp³-hybridized carbons (Fsp3) is 0.923. The fourth-order valence-corrected chi connectivity index (χ4v) is 1.42. The molecule has 0 amide bonds. The molecule has 3 heteroatoms. The molecular formula is C13H25ClO2. The highest BCUT2D eigenvalue weighted by atomic mass is 35.5. The normalized spacial score (nSPS) is 11.8. The summed E-state index contributed by atoms with van der Waals surface area (Å²) in [5, 5.41) is -0.324. The number of carbonyl (C=O) groups excluding carboxylic acids is 1. The molecule has 0 aliphatic heterocycles. The van der Waals surface area contributed by atoms with Gasteiger partial charge in [-0.05, 0) is 31.9 Å². The number of hydrogen-bond acceptors (Lipinski definition) is 2. The average molecular weight is 249 g/mol. The van der Waals surface area contributed by atoms with Crippen molar-refractivity contribution in [2.24, 2.45) is 5.41 Å². The third-order valence-corrected chi connectivity index (χ3v) is 3.15. The Morgan fingerprint density at radius 1 is 1.12 bits per heavy atom. The maximum atomic E-state index is 11.0. The minimum absolute atomic E-state index is 0.324. The lowest BCUT2D eigenvalue weighted by atomic mass is 9.97. The summed E-state index contributed by atoms with van der Waals surface area (Å²) in [4.78, 5) is 11.0. The molecule has 16 heavy (non-hydrogen) atoms. The van der Waals surface area contributed by atoms with Crippen LogP contribution in [0.4, 0.5) is 0 Å². The monoisotopic (exact) mass is 248 g/mol. The largest absolute Gasteiger partial charge is 0.380 e. The summed E-state index contributed by atoms with van der Waals surface area (Å²) in [6, 6.07) is 0. The predicted molar refractivity (Wildman–Crippen MR) is 68.8 cm³/mol. The third-order valence-electron chi connectivity index (χ3n) is 2.64. The Hall–Kier alpha value is -0.0800. The van der Waals surface area contributed by atoms with Gasteiger partial charge in [0.15, 0.2) is 0 Å². The smallest absolute Gasteiger partial charge is 0.229 e. The van der Waals surface area contributed by atoms with Crippen LogP contribution in [0.15, 0.2) is 0 Å².